The van der Waals surface area contributed by atoms with Gasteiger partial charge in [0.15, 0.2) is 0 Å². The van der Waals surface area contributed by atoms with Crippen LogP contribution < -0.4 is 0 Å². The average Bonchev–Trinajstić information content (AvgIpc) is 3.28. The minimum atomic E-state index is -0.0408. The van der Waals surface area contributed by atoms with Gasteiger partial charge < -0.3 is 0 Å². The first kappa shape index (κ1) is 37.1. The largest absolute Gasteiger partial charge is 0.0613 e. The SMILES string of the molecule is CC(C)(C)c1cc(-c2cccc3c2-c2c(ccc(C(C)(C)C)c2C(C)(C)C)C3c2cc(C(C)(C)C)cc(C(C)(C)C)c2)cc(C(C)(C)C)c1. The fourth-order valence-corrected chi connectivity index (χ4v) is 7.72. The van der Waals surface area contributed by atoms with E-state index < -0.39 is 0 Å². The molecule has 1 unspecified atom stereocenters. The van der Waals surface area contributed by atoms with E-state index >= 15 is 0 Å². The highest BCUT2D eigenvalue weighted by Crippen LogP contribution is 2.57. The van der Waals surface area contributed by atoms with Crippen molar-refractivity contribution >= 4 is 0 Å². The maximum Gasteiger partial charge on any atom is 0.0352 e. The Morgan fingerprint density at radius 2 is 0.816 bits per heavy atom. The molecule has 0 nitrogen and oxygen atoms in total. The lowest BCUT2D eigenvalue weighted by Gasteiger charge is -2.33. The molecule has 0 spiro atoms. The number of hydrogen-bond acceptors (Lipinski definition) is 0. The van der Waals surface area contributed by atoms with Gasteiger partial charge in [0.2, 0.25) is 0 Å². The van der Waals surface area contributed by atoms with Crippen molar-refractivity contribution in [1.82, 2.24) is 0 Å². The Bertz CT molecular complexity index is 1820. The topological polar surface area (TPSA) is 0 Å². The first-order valence-corrected chi connectivity index (χ1v) is 18.7. The molecule has 0 fully saturated rings. The van der Waals surface area contributed by atoms with Crippen molar-refractivity contribution in [2.75, 3.05) is 0 Å². The summed E-state index contributed by atoms with van der Waals surface area (Å²) < 4.78 is 0. The molecule has 4 aromatic carbocycles. The summed E-state index contributed by atoms with van der Waals surface area (Å²) in [6, 6.07) is 27.1. The maximum atomic E-state index is 2.53. The second-order valence-electron chi connectivity index (χ2n) is 21.3. The zero-order valence-electron chi connectivity index (χ0n) is 34.4. The second-order valence-corrected chi connectivity index (χ2v) is 21.3. The van der Waals surface area contributed by atoms with Crippen LogP contribution in [-0.2, 0) is 32.5 Å². The highest BCUT2D eigenvalue weighted by Gasteiger charge is 2.39. The van der Waals surface area contributed by atoms with Gasteiger partial charge in [-0.15, -0.1) is 0 Å². The lowest BCUT2D eigenvalue weighted by Crippen LogP contribution is -2.23. The van der Waals surface area contributed by atoms with Crippen LogP contribution in [0.25, 0.3) is 22.3 Å². The molecule has 0 radical (unpaired) electrons. The second kappa shape index (κ2) is 11.7. The van der Waals surface area contributed by atoms with Crippen molar-refractivity contribution in [1.29, 1.82) is 0 Å². The standard InChI is InChI=1S/C49H66/c1-44(2,3)32-24-30(25-33(28-32)45(4,5)6)36-20-19-21-37-40(31-26-34(46(7,8)9)29-35(27-31)47(10,11)12)38-22-23-39(48(13,14)15)43(49(16,17)18)42(38)41(36)37/h19-29,40H,1-18H3. The summed E-state index contributed by atoms with van der Waals surface area (Å²) in [5.41, 5.74) is 18.6. The molecule has 5 rings (SSSR count). The van der Waals surface area contributed by atoms with E-state index in [2.05, 4.69) is 191 Å². The van der Waals surface area contributed by atoms with E-state index in [-0.39, 0.29) is 38.4 Å². The molecular formula is C49H66. The number of benzene rings is 4. The van der Waals surface area contributed by atoms with Gasteiger partial charge in [-0.3, -0.25) is 0 Å². The van der Waals surface area contributed by atoms with Crippen LogP contribution in [0.1, 0.15) is 181 Å². The smallest absolute Gasteiger partial charge is 0.0352 e. The summed E-state index contributed by atoms with van der Waals surface area (Å²) in [6.07, 6.45) is 0. The number of rotatable bonds is 2. The normalized spacial score (nSPS) is 15.8. The first-order valence-electron chi connectivity index (χ1n) is 18.7. The van der Waals surface area contributed by atoms with Gasteiger partial charge in [-0.25, -0.2) is 0 Å². The molecule has 1 aliphatic rings. The van der Waals surface area contributed by atoms with Crippen molar-refractivity contribution < 1.29 is 0 Å². The third-order valence-corrected chi connectivity index (χ3v) is 10.8. The molecule has 0 aromatic heterocycles. The summed E-state index contributed by atoms with van der Waals surface area (Å²) in [7, 11) is 0. The zero-order valence-corrected chi connectivity index (χ0v) is 34.4. The van der Waals surface area contributed by atoms with Crippen molar-refractivity contribution in [2.45, 2.75) is 163 Å². The Morgan fingerprint density at radius 3 is 1.22 bits per heavy atom. The molecule has 49 heavy (non-hydrogen) atoms. The molecule has 0 heteroatoms. The molecule has 0 heterocycles. The lowest BCUT2D eigenvalue weighted by atomic mass is 9.71. The van der Waals surface area contributed by atoms with Gasteiger partial charge in [0.05, 0.1) is 0 Å². The van der Waals surface area contributed by atoms with E-state index in [0.29, 0.717) is 0 Å². The van der Waals surface area contributed by atoms with Gasteiger partial charge in [-0.1, -0.05) is 191 Å². The average molecular weight is 655 g/mol. The molecule has 0 aliphatic heterocycles. The number of fused-ring (bicyclic) bond motifs is 3. The third-order valence-electron chi connectivity index (χ3n) is 10.8. The highest BCUT2D eigenvalue weighted by molar-refractivity contribution is 5.95. The Kier molecular flexibility index (Phi) is 8.88. The Balaban J connectivity index is 1.99. The van der Waals surface area contributed by atoms with Crippen molar-refractivity contribution in [3.63, 3.8) is 0 Å². The van der Waals surface area contributed by atoms with Crippen LogP contribution >= 0.6 is 0 Å². The molecule has 1 aliphatic carbocycles. The molecule has 0 saturated carbocycles. The molecule has 262 valence electrons. The van der Waals surface area contributed by atoms with Crippen molar-refractivity contribution in [3.05, 3.63) is 117 Å². The Hall–Kier alpha value is -3.12. The predicted molar refractivity (Wildman–Crippen MR) is 217 cm³/mol. The number of hydrogen-bond donors (Lipinski definition) is 0. The van der Waals surface area contributed by atoms with Crippen LogP contribution in [0.2, 0.25) is 0 Å². The van der Waals surface area contributed by atoms with Crippen LogP contribution in [0.15, 0.2) is 66.7 Å². The van der Waals surface area contributed by atoms with Crippen LogP contribution in [0, 0.1) is 0 Å². The van der Waals surface area contributed by atoms with Crippen molar-refractivity contribution in [2.24, 2.45) is 0 Å². The molecule has 4 aromatic rings. The predicted octanol–water partition coefficient (Wildman–Crippen LogP) is 14.3. The lowest BCUT2D eigenvalue weighted by molar-refractivity contribution is 0.531. The summed E-state index contributed by atoms with van der Waals surface area (Å²) in [6.45, 7) is 42.6. The minimum absolute atomic E-state index is 0.0158. The zero-order chi connectivity index (χ0) is 36.9. The summed E-state index contributed by atoms with van der Waals surface area (Å²) in [4.78, 5) is 0. The van der Waals surface area contributed by atoms with Crippen molar-refractivity contribution in [3.8, 4) is 22.3 Å². The van der Waals surface area contributed by atoms with Gasteiger partial charge in [0, 0.05) is 5.92 Å². The van der Waals surface area contributed by atoms with E-state index in [1.165, 1.54) is 72.3 Å². The van der Waals surface area contributed by atoms with E-state index in [0.717, 1.165) is 0 Å². The van der Waals surface area contributed by atoms with E-state index in [4.69, 9.17) is 0 Å². The van der Waals surface area contributed by atoms with Gasteiger partial charge in [-0.2, -0.15) is 0 Å². The molecule has 0 saturated heterocycles. The Morgan fingerprint density at radius 1 is 0.388 bits per heavy atom. The van der Waals surface area contributed by atoms with E-state index in [1.54, 1.807) is 0 Å². The van der Waals surface area contributed by atoms with E-state index in [1.807, 2.05) is 0 Å². The summed E-state index contributed by atoms with van der Waals surface area (Å²) in [5, 5.41) is 0. The maximum absolute atomic E-state index is 2.53. The minimum Gasteiger partial charge on any atom is -0.0613 e. The molecule has 0 amide bonds. The Labute approximate surface area is 301 Å². The molecular weight excluding hydrogens is 589 g/mol. The van der Waals surface area contributed by atoms with Gasteiger partial charge >= 0.3 is 0 Å². The first-order chi connectivity index (χ1) is 22.1. The van der Waals surface area contributed by atoms with Crippen LogP contribution in [0.4, 0.5) is 0 Å². The highest BCUT2D eigenvalue weighted by atomic mass is 14.4. The monoisotopic (exact) mass is 655 g/mol. The van der Waals surface area contributed by atoms with Crippen LogP contribution in [0.3, 0.4) is 0 Å². The van der Waals surface area contributed by atoms with Gasteiger partial charge in [0.1, 0.15) is 0 Å². The fourth-order valence-electron chi connectivity index (χ4n) is 7.72. The summed E-state index contributed by atoms with van der Waals surface area (Å²) >= 11 is 0. The van der Waals surface area contributed by atoms with E-state index in [9.17, 15) is 0 Å². The van der Waals surface area contributed by atoms with Crippen LogP contribution in [0.5, 0.6) is 0 Å². The molecule has 0 bridgehead atoms. The van der Waals surface area contributed by atoms with Gasteiger partial charge in [-0.05, 0) is 105 Å². The summed E-state index contributed by atoms with van der Waals surface area (Å²) in [5.74, 6) is 0.163. The van der Waals surface area contributed by atoms with Crippen LogP contribution in [-0.4, -0.2) is 0 Å². The molecule has 1 atom stereocenters. The third kappa shape index (κ3) is 7.09. The van der Waals surface area contributed by atoms with Gasteiger partial charge in [0.25, 0.3) is 0 Å². The fraction of sp³-hybridized carbons (Fsp3) is 0.510. The molecule has 0 N–H and O–H groups in total. The quantitative estimate of drug-likeness (QED) is 0.178.